The van der Waals surface area contributed by atoms with Crippen molar-refractivity contribution in [1.29, 1.82) is 0 Å². The smallest absolute Gasteiger partial charge is 1.00 e. The minimum Gasteiger partial charge on any atom is -1.00 e. The molecule has 0 saturated heterocycles. The van der Waals surface area contributed by atoms with Crippen molar-refractivity contribution >= 4 is 20.2 Å². The van der Waals surface area contributed by atoms with E-state index in [2.05, 4.69) is 0 Å². The molecule has 0 bridgehead atoms. The number of ether oxygens (including phenoxy) is 2. The van der Waals surface area contributed by atoms with E-state index >= 15 is 0 Å². The van der Waals surface area contributed by atoms with Crippen molar-refractivity contribution in [3.63, 3.8) is 0 Å². The Morgan fingerprint density at radius 1 is 0.676 bits per heavy atom. The molecular weight excluding hydrogens is 502 g/mol. The number of rotatable bonds is 10. The molecule has 0 radical (unpaired) electrons. The van der Waals surface area contributed by atoms with E-state index in [4.69, 9.17) is 18.6 Å². The largest absolute Gasteiger partial charge is 1.00 e. The summed E-state index contributed by atoms with van der Waals surface area (Å²) in [6.45, 7) is -0.245. The Bertz CT molecular complexity index is 1020. The van der Waals surface area contributed by atoms with Crippen LogP contribution in [0.4, 0.5) is 0 Å². The molecule has 0 spiro atoms. The van der Waals surface area contributed by atoms with Gasteiger partial charge in [0.15, 0.2) is 0 Å². The van der Waals surface area contributed by atoms with Gasteiger partial charge in [-0.2, -0.15) is 16.8 Å². The molecule has 3 rings (SSSR count). The first kappa shape index (κ1) is 31.9. The van der Waals surface area contributed by atoms with E-state index in [0.29, 0.717) is 11.5 Å². The van der Waals surface area contributed by atoms with E-state index in [0.717, 1.165) is 36.8 Å². The van der Waals surface area contributed by atoms with Crippen molar-refractivity contribution in [3.8, 4) is 11.5 Å². The third-order valence-corrected chi connectivity index (χ3v) is 7.11. The molecular formula is C22H30Na2O8S2. The second kappa shape index (κ2) is 14.0. The van der Waals surface area contributed by atoms with Gasteiger partial charge in [0, 0.05) is 5.41 Å². The first-order valence-corrected chi connectivity index (χ1v) is 13.7. The fourth-order valence-electron chi connectivity index (χ4n) is 4.17. The topological polar surface area (TPSA) is 127 Å². The van der Waals surface area contributed by atoms with Gasteiger partial charge in [-0.05, 0) is 48.2 Å². The molecule has 0 atom stereocenters. The Hall–Kier alpha value is -0.140. The molecule has 34 heavy (non-hydrogen) atoms. The van der Waals surface area contributed by atoms with E-state index in [1.807, 2.05) is 48.5 Å². The molecule has 180 valence electrons. The van der Waals surface area contributed by atoms with Crippen molar-refractivity contribution in [3.05, 3.63) is 59.7 Å². The summed E-state index contributed by atoms with van der Waals surface area (Å²) in [7, 11) is -8.12. The molecule has 12 heteroatoms. The van der Waals surface area contributed by atoms with E-state index in [1.165, 1.54) is 6.42 Å². The normalized spacial score (nSPS) is 15.5. The zero-order valence-electron chi connectivity index (χ0n) is 21.6. The summed E-state index contributed by atoms with van der Waals surface area (Å²) < 4.78 is 71.8. The zero-order chi connectivity index (χ0) is 23.2. The molecule has 0 aliphatic heterocycles. The first-order valence-electron chi connectivity index (χ1n) is 10.4. The number of hydrogen-bond donors (Lipinski definition) is 2. The molecule has 2 N–H and O–H groups in total. The molecule has 0 heterocycles. The molecule has 0 unspecified atom stereocenters. The zero-order valence-corrected chi connectivity index (χ0v) is 25.3. The molecule has 2 aromatic rings. The predicted octanol–water partition coefficient (Wildman–Crippen LogP) is -2.30. The summed E-state index contributed by atoms with van der Waals surface area (Å²) in [6, 6.07) is 15.2. The van der Waals surface area contributed by atoms with Gasteiger partial charge in [-0.3, -0.25) is 9.11 Å². The van der Waals surface area contributed by atoms with Crippen molar-refractivity contribution in [2.24, 2.45) is 0 Å². The van der Waals surface area contributed by atoms with Gasteiger partial charge in [0.1, 0.15) is 36.2 Å². The van der Waals surface area contributed by atoms with Crippen LogP contribution in [0.5, 0.6) is 11.5 Å². The standard InChI is InChI=1S/C22H28O8S2.2Na.2H/c23-31(24,25)16-14-29-20-8-4-18(5-9-20)22(12-2-1-3-13-22)19-6-10-21(11-7-19)30-15-17-32(26,27)28;;;;/h4-11H,1-3,12-17H2,(H,23,24,25)(H,26,27,28);;;;/q;2*+1;2*-1. The van der Waals surface area contributed by atoms with Gasteiger partial charge in [-0.25, -0.2) is 0 Å². The number of benzene rings is 2. The Labute approximate surface area is 248 Å². The monoisotopic (exact) mass is 532 g/mol. The average Bonchev–Trinajstić information content (AvgIpc) is 2.73. The van der Waals surface area contributed by atoms with Crippen LogP contribution in [0.15, 0.2) is 48.5 Å². The summed E-state index contributed by atoms with van der Waals surface area (Å²) in [5.41, 5.74) is 2.11. The van der Waals surface area contributed by atoms with Crippen molar-refractivity contribution in [1.82, 2.24) is 0 Å². The summed E-state index contributed by atoms with van der Waals surface area (Å²) in [4.78, 5) is 0. The minimum atomic E-state index is -4.06. The maximum Gasteiger partial charge on any atom is 1.00 e. The quantitative estimate of drug-likeness (QED) is 0.259. The van der Waals surface area contributed by atoms with Crippen LogP contribution in [0, 0.1) is 0 Å². The van der Waals surface area contributed by atoms with Gasteiger partial charge >= 0.3 is 59.1 Å². The minimum absolute atomic E-state index is 0. The van der Waals surface area contributed by atoms with E-state index in [9.17, 15) is 16.8 Å². The summed E-state index contributed by atoms with van der Waals surface area (Å²) in [5.74, 6) is 0.145. The van der Waals surface area contributed by atoms with Crippen LogP contribution in [0.2, 0.25) is 0 Å². The molecule has 0 aromatic heterocycles. The fourth-order valence-corrected chi connectivity index (χ4v) is 4.76. The van der Waals surface area contributed by atoms with Crippen LogP contribution in [-0.4, -0.2) is 50.7 Å². The predicted molar refractivity (Wildman–Crippen MR) is 123 cm³/mol. The SMILES string of the molecule is O=S(=O)(O)CCOc1ccc(C2(c3ccc(OCCS(=O)(=O)O)cc3)CCCCC2)cc1.[H-].[H-].[Na+].[Na+]. The van der Waals surface area contributed by atoms with Crippen molar-refractivity contribution in [2.45, 2.75) is 37.5 Å². The van der Waals surface area contributed by atoms with Crippen LogP contribution >= 0.6 is 0 Å². The van der Waals surface area contributed by atoms with Gasteiger partial charge in [-0.1, -0.05) is 43.5 Å². The summed E-state index contributed by atoms with van der Waals surface area (Å²) in [6.07, 6.45) is 5.34. The van der Waals surface area contributed by atoms with Gasteiger partial charge in [0.25, 0.3) is 20.2 Å². The van der Waals surface area contributed by atoms with Crippen LogP contribution in [0.25, 0.3) is 0 Å². The molecule has 1 aliphatic rings. The fraction of sp³-hybridized carbons (Fsp3) is 0.455. The Morgan fingerprint density at radius 2 is 1.03 bits per heavy atom. The Morgan fingerprint density at radius 3 is 1.35 bits per heavy atom. The van der Waals surface area contributed by atoms with E-state index < -0.39 is 31.7 Å². The molecule has 1 saturated carbocycles. The summed E-state index contributed by atoms with van der Waals surface area (Å²) in [5, 5.41) is 0. The Balaban J connectivity index is 0. The van der Waals surface area contributed by atoms with Crippen LogP contribution in [0.1, 0.15) is 46.1 Å². The third-order valence-electron chi connectivity index (χ3n) is 5.74. The maximum atomic E-state index is 10.8. The van der Waals surface area contributed by atoms with Crippen molar-refractivity contribution < 1.29 is 97.4 Å². The van der Waals surface area contributed by atoms with Crippen LogP contribution in [0.3, 0.4) is 0 Å². The van der Waals surface area contributed by atoms with E-state index in [-0.39, 0.29) is 80.6 Å². The second-order valence-electron chi connectivity index (χ2n) is 7.96. The molecule has 1 aliphatic carbocycles. The Kier molecular flexibility index (Phi) is 13.1. The van der Waals surface area contributed by atoms with E-state index in [1.54, 1.807) is 0 Å². The average molecular weight is 533 g/mol. The van der Waals surface area contributed by atoms with Gasteiger partial charge in [0.2, 0.25) is 0 Å². The van der Waals surface area contributed by atoms with Gasteiger partial charge in [0.05, 0.1) is 0 Å². The maximum absolute atomic E-state index is 10.8. The molecule has 8 nitrogen and oxygen atoms in total. The second-order valence-corrected chi connectivity index (χ2v) is 11.1. The third kappa shape index (κ3) is 9.72. The van der Waals surface area contributed by atoms with Gasteiger partial charge in [-0.15, -0.1) is 0 Å². The first-order chi connectivity index (χ1) is 15.1. The molecule has 1 fully saturated rings. The molecule has 2 aromatic carbocycles. The van der Waals surface area contributed by atoms with Crippen LogP contribution < -0.4 is 68.6 Å². The summed E-state index contributed by atoms with van der Waals surface area (Å²) >= 11 is 0. The van der Waals surface area contributed by atoms with Gasteiger partial charge < -0.3 is 12.3 Å². The number of hydrogen-bond acceptors (Lipinski definition) is 6. The van der Waals surface area contributed by atoms with Crippen molar-refractivity contribution in [2.75, 3.05) is 24.7 Å². The van der Waals surface area contributed by atoms with Crippen LogP contribution in [-0.2, 0) is 25.7 Å². The molecule has 0 amide bonds.